The second-order valence-electron chi connectivity index (χ2n) is 31.3. The van der Waals surface area contributed by atoms with Crippen LogP contribution in [0.5, 0.6) is 0 Å². The Labute approximate surface area is 491 Å². The summed E-state index contributed by atoms with van der Waals surface area (Å²) in [4.78, 5) is 20.5. The lowest BCUT2D eigenvalue weighted by Gasteiger charge is -2.43. The van der Waals surface area contributed by atoms with Crippen LogP contribution in [-0.2, 0) is 0 Å². The molecule has 0 aromatic carbocycles. The molecule has 0 amide bonds. The van der Waals surface area contributed by atoms with Gasteiger partial charge in [0.1, 0.15) is 0 Å². The van der Waals surface area contributed by atoms with Crippen LogP contribution in [0, 0.1) is 5.92 Å². The first-order valence-electron chi connectivity index (χ1n) is 32.9. The second-order valence-corrected chi connectivity index (χ2v) is 31.3. The quantitative estimate of drug-likeness (QED) is 0.207. The van der Waals surface area contributed by atoms with Gasteiger partial charge in [0.05, 0.1) is 0 Å². The van der Waals surface area contributed by atoms with Crippen LogP contribution in [0.3, 0.4) is 0 Å². The summed E-state index contributed by atoms with van der Waals surface area (Å²) in [5.41, 5.74) is 2.17. The highest BCUT2D eigenvalue weighted by atomic mass is 15.2. The lowest BCUT2D eigenvalue weighted by atomic mass is 9.95. The van der Waals surface area contributed by atoms with Crippen LogP contribution in [-0.4, -0.2) is 228 Å². The molecule has 6 saturated heterocycles. The molecule has 6 rings (SSSR count). The molecule has 0 aromatic heterocycles. The molecule has 6 heterocycles. The Morgan fingerprint density at radius 2 is 0.641 bits per heavy atom. The summed E-state index contributed by atoms with van der Waals surface area (Å²) < 4.78 is 0. The predicted molar refractivity (Wildman–Crippen MR) is 349 cm³/mol. The highest BCUT2D eigenvalue weighted by Gasteiger charge is 2.32. The Bertz CT molecular complexity index is 1440. The van der Waals surface area contributed by atoms with Crippen LogP contribution in [0.1, 0.15) is 243 Å². The van der Waals surface area contributed by atoms with Crippen molar-refractivity contribution in [3.63, 3.8) is 0 Å². The molecule has 6 aliphatic heterocycles. The zero-order chi connectivity index (χ0) is 59.9. The fraction of sp³-hybridized carbons (Fsp3) is 1.00. The van der Waals surface area contributed by atoms with E-state index in [4.69, 9.17) is 0 Å². The number of nitrogens with one attached hydrogen (secondary N) is 3. The van der Waals surface area contributed by atoms with Gasteiger partial charge >= 0.3 is 0 Å². The minimum absolute atomic E-state index is 0.350. The molecule has 0 radical (unpaired) electrons. The van der Waals surface area contributed by atoms with E-state index >= 15 is 0 Å². The summed E-state index contributed by atoms with van der Waals surface area (Å²) in [5, 5.41) is 10.5. The summed E-state index contributed by atoms with van der Waals surface area (Å²) in [6.45, 7) is 73.8. The summed E-state index contributed by atoms with van der Waals surface area (Å²) in [6, 6.07) is 4.53. The van der Waals surface area contributed by atoms with Crippen molar-refractivity contribution in [3.05, 3.63) is 0 Å². The number of hydrogen-bond donors (Lipinski definition) is 3. The summed E-state index contributed by atoms with van der Waals surface area (Å²) in [5.74, 6) is 0.952. The molecule has 0 spiro atoms. The molecule has 0 aliphatic carbocycles. The minimum Gasteiger partial charge on any atom is -0.317 e. The third-order valence-corrected chi connectivity index (χ3v) is 18.4. The molecule has 6 fully saturated rings. The molecular formula is C67H145N11. The fourth-order valence-electron chi connectivity index (χ4n) is 12.4. The standard InChI is InChI=1S/C13H28N2.C12H26N2.2C11H24N2.C10H22N2.C10H21N/c1-6-14(7-2)12-8-10-15(11-9-12)13(3,4)5;1-10(2)13-11-6-8-14(9-7-11)12(3,4)5;1-11(2,3)13-8-6-10(7-9-13)12(4)5;1-5-12-10-6-8-13(9-7-10)11(2,3)4;1-10(2,3)12-7-5-9(11-4)6-8-12;1-9-5-7-11(8-6-9)10(2,3)4/h12H,6-11H2,1-5H3;10-11,13H,6-9H2,1-5H3;10H,6-9H2,1-5H3;10,12H,5-9H2,1-4H3;9,11H,5-8H2,1-4H3;9H,5-8H2,1-4H3. The van der Waals surface area contributed by atoms with Gasteiger partial charge in [-0.1, -0.05) is 41.5 Å². The topological polar surface area (TPSA) is 62.0 Å². The van der Waals surface area contributed by atoms with E-state index in [1.807, 2.05) is 0 Å². The average Bonchev–Trinajstić information content (AvgIpc) is 3.34. The van der Waals surface area contributed by atoms with E-state index in [0.29, 0.717) is 39.3 Å². The van der Waals surface area contributed by atoms with E-state index in [0.717, 1.165) is 42.7 Å². The maximum absolute atomic E-state index is 3.63. The van der Waals surface area contributed by atoms with Crippen LogP contribution in [0.25, 0.3) is 0 Å². The lowest BCUT2D eigenvalue weighted by Crippen LogP contribution is -2.50. The number of hydrogen-bond acceptors (Lipinski definition) is 11. The van der Waals surface area contributed by atoms with Gasteiger partial charge in [0.25, 0.3) is 0 Å². The van der Waals surface area contributed by atoms with E-state index in [9.17, 15) is 0 Å². The Hall–Kier alpha value is -0.440. The highest BCUT2D eigenvalue weighted by molar-refractivity contribution is 4.89. The van der Waals surface area contributed by atoms with Gasteiger partial charge in [-0.05, 0) is 261 Å². The van der Waals surface area contributed by atoms with Gasteiger partial charge < -0.3 is 25.8 Å². The normalized spacial score (nSPS) is 22.4. The third-order valence-electron chi connectivity index (χ3n) is 18.4. The van der Waals surface area contributed by atoms with Crippen LogP contribution >= 0.6 is 0 Å². The first-order chi connectivity index (χ1) is 35.9. The molecule has 78 heavy (non-hydrogen) atoms. The molecule has 6 aliphatic rings. The zero-order valence-electron chi connectivity index (χ0n) is 58.2. The summed E-state index contributed by atoms with van der Waals surface area (Å²) in [7, 11) is 6.45. The van der Waals surface area contributed by atoms with Gasteiger partial charge in [0, 0.05) is 135 Å². The van der Waals surface area contributed by atoms with Gasteiger partial charge in [-0.3, -0.25) is 29.4 Å². The first-order valence-corrected chi connectivity index (χ1v) is 32.9. The molecule has 0 saturated carbocycles. The van der Waals surface area contributed by atoms with Crippen molar-refractivity contribution < 1.29 is 0 Å². The van der Waals surface area contributed by atoms with Crippen molar-refractivity contribution in [2.24, 2.45) is 5.92 Å². The average molecular weight is 1100 g/mol. The van der Waals surface area contributed by atoms with Crippen LogP contribution in [0.15, 0.2) is 0 Å². The number of nitrogens with zero attached hydrogens (tertiary/aromatic N) is 8. The Balaban J connectivity index is 0.000000469. The lowest BCUT2D eigenvalue weighted by molar-refractivity contribution is 0.0602. The monoisotopic (exact) mass is 1100 g/mol. The Morgan fingerprint density at radius 3 is 0.885 bits per heavy atom. The van der Waals surface area contributed by atoms with Crippen molar-refractivity contribution in [1.82, 2.24) is 55.1 Å². The molecular weight excluding hydrogens is 959 g/mol. The van der Waals surface area contributed by atoms with Crippen molar-refractivity contribution >= 4 is 0 Å². The largest absolute Gasteiger partial charge is 0.317 e. The third kappa shape index (κ3) is 30.9. The Kier molecular flexibility index (Phi) is 34.6. The molecule has 3 N–H and O–H groups in total. The number of rotatable bonds is 9. The van der Waals surface area contributed by atoms with Crippen molar-refractivity contribution in [1.29, 1.82) is 0 Å². The maximum Gasteiger partial charge on any atom is 0.0125 e. The molecule has 0 aromatic rings. The first kappa shape index (κ1) is 75.6. The number of likely N-dealkylation sites (tertiary alicyclic amines) is 6. The smallest absolute Gasteiger partial charge is 0.0125 e. The molecule has 0 bridgehead atoms. The maximum atomic E-state index is 3.63. The number of piperidine rings is 6. The van der Waals surface area contributed by atoms with E-state index < -0.39 is 0 Å². The van der Waals surface area contributed by atoms with Crippen molar-refractivity contribution in [2.75, 3.05) is 119 Å². The minimum atomic E-state index is 0.350. The van der Waals surface area contributed by atoms with E-state index in [1.54, 1.807) is 0 Å². The molecule has 0 unspecified atom stereocenters. The van der Waals surface area contributed by atoms with Crippen molar-refractivity contribution in [3.8, 4) is 0 Å². The van der Waals surface area contributed by atoms with Gasteiger partial charge in [0.15, 0.2) is 0 Å². The van der Waals surface area contributed by atoms with Crippen LogP contribution in [0.2, 0.25) is 0 Å². The molecule has 0 atom stereocenters. The van der Waals surface area contributed by atoms with E-state index in [2.05, 4.69) is 242 Å². The van der Waals surface area contributed by atoms with E-state index in [1.165, 1.54) is 169 Å². The SMILES string of the molecule is CC(C)NC1CCN(C(C)(C)C)CC1.CC1CCN(C(C)(C)C)CC1.CCN(CC)C1CCN(C(C)(C)C)CC1.CCNC1CCN(C(C)(C)C)CC1.CN(C)C1CCN(C(C)(C)C)CC1.CNC1CCN(C(C)(C)C)CC1. The highest BCUT2D eigenvalue weighted by Crippen LogP contribution is 2.26. The second kappa shape index (κ2) is 35.8. The molecule has 11 nitrogen and oxygen atoms in total. The summed E-state index contributed by atoms with van der Waals surface area (Å²) >= 11 is 0. The molecule has 468 valence electrons. The Morgan fingerprint density at radius 1 is 0.385 bits per heavy atom. The molecule has 11 heteroatoms. The van der Waals surface area contributed by atoms with Gasteiger partial charge in [-0.15, -0.1) is 0 Å². The van der Waals surface area contributed by atoms with Crippen LogP contribution in [0.4, 0.5) is 0 Å². The van der Waals surface area contributed by atoms with Gasteiger partial charge in [-0.25, -0.2) is 0 Å². The zero-order valence-corrected chi connectivity index (χ0v) is 58.2. The fourth-order valence-corrected chi connectivity index (χ4v) is 12.4. The van der Waals surface area contributed by atoms with Crippen LogP contribution < -0.4 is 16.0 Å². The predicted octanol–water partition coefficient (Wildman–Crippen LogP) is 12.5. The summed E-state index contributed by atoms with van der Waals surface area (Å²) in [6.07, 6.45) is 15.9. The van der Waals surface area contributed by atoms with Crippen molar-refractivity contribution in [2.45, 2.75) is 313 Å². The van der Waals surface area contributed by atoms with Gasteiger partial charge in [-0.2, -0.15) is 0 Å². The van der Waals surface area contributed by atoms with E-state index in [-0.39, 0.29) is 0 Å². The van der Waals surface area contributed by atoms with Gasteiger partial charge in [0.2, 0.25) is 0 Å².